The van der Waals surface area contributed by atoms with Crippen LogP contribution < -0.4 is 14.2 Å². The van der Waals surface area contributed by atoms with Crippen LogP contribution in [0.5, 0.6) is 17.2 Å². The molecule has 1 aliphatic rings. The molecule has 31 heavy (non-hydrogen) atoms. The van der Waals surface area contributed by atoms with E-state index in [-0.39, 0.29) is 17.8 Å². The summed E-state index contributed by atoms with van der Waals surface area (Å²) in [5.74, 6) is 1.56. The maximum atomic E-state index is 12.8. The number of ether oxygens (including phenoxy) is 3. The highest BCUT2D eigenvalue weighted by Gasteiger charge is 2.28. The summed E-state index contributed by atoms with van der Waals surface area (Å²) in [4.78, 5) is 28.5. The molecule has 0 radical (unpaired) electrons. The number of hydrogen-bond acceptors (Lipinski definition) is 7. The number of rotatable bonds is 7. The number of carbonyl (C=O) groups excluding carboxylic acids is 2. The first-order valence-corrected chi connectivity index (χ1v) is 11.3. The Balaban J connectivity index is 1.61. The number of fused-ring (bicyclic) bond motifs is 1. The van der Waals surface area contributed by atoms with E-state index in [1.165, 1.54) is 11.3 Å². The Morgan fingerprint density at radius 2 is 1.81 bits per heavy atom. The van der Waals surface area contributed by atoms with Crippen molar-refractivity contribution in [3.63, 3.8) is 0 Å². The number of nitrogens with zero attached hydrogens (tertiary/aromatic N) is 1. The van der Waals surface area contributed by atoms with Crippen LogP contribution in [0.3, 0.4) is 0 Å². The fraction of sp³-hybridized carbons (Fsp3) is 0.375. The normalized spacial score (nSPS) is 18.5. The number of methoxy groups -OCH3 is 1. The Morgan fingerprint density at radius 3 is 2.45 bits per heavy atom. The average Bonchev–Trinajstić information content (AvgIpc) is 3.26. The first kappa shape index (κ1) is 21.3. The molecule has 2 aromatic carbocycles. The van der Waals surface area contributed by atoms with Crippen LogP contribution in [0.4, 0.5) is 0 Å². The van der Waals surface area contributed by atoms with Crippen molar-refractivity contribution in [2.45, 2.75) is 32.6 Å². The summed E-state index contributed by atoms with van der Waals surface area (Å²) in [6.07, 6.45) is 3.82. The van der Waals surface area contributed by atoms with Crippen molar-refractivity contribution >= 4 is 33.8 Å². The zero-order valence-electron chi connectivity index (χ0n) is 17.6. The minimum atomic E-state index is -0.258. The van der Waals surface area contributed by atoms with Gasteiger partial charge in [-0.15, -0.1) is 11.3 Å². The summed E-state index contributed by atoms with van der Waals surface area (Å²) >= 11 is 1.49. The second kappa shape index (κ2) is 9.47. The van der Waals surface area contributed by atoms with E-state index in [1.807, 2.05) is 31.2 Å². The van der Waals surface area contributed by atoms with E-state index in [9.17, 15) is 9.59 Å². The van der Waals surface area contributed by atoms with Gasteiger partial charge in [-0.3, -0.25) is 4.79 Å². The molecule has 6 nitrogen and oxygen atoms in total. The molecule has 1 fully saturated rings. The van der Waals surface area contributed by atoms with Crippen molar-refractivity contribution in [1.82, 2.24) is 4.98 Å². The van der Waals surface area contributed by atoms with Crippen molar-refractivity contribution in [2.75, 3.05) is 13.7 Å². The molecule has 0 bridgehead atoms. The van der Waals surface area contributed by atoms with Crippen molar-refractivity contribution in [3.8, 4) is 27.8 Å². The fourth-order valence-corrected chi connectivity index (χ4v) is 4.95. The van der Waals surface area contributed by atoms with Crippen LogP contribution in [-0.2, 0) is 9.59 Å². The van der Waals surface area contributed by atoms with Crippen LogP contribution in [0.15, 0.2) is 36.4 Å². The molecule has 0 N–H and O–H groups in total. The second-order valence-electron chi connectivity index (χ2n) is 7.59. The highest BCUT2D eigenvalue weighted by molar-refractivity contribution is 7.22. The molecule has 0 unspecified atom stereocenters. The molecule has 0 aliphatic heterocycles. The fourth-order valence-electron chi connectivity index (χ4n) is 3.87. The molecule has 1 heterocycles. The summed E-state index contributed by atoms with van der Waals surface area (Å²) in [5.41, 5.74) is 1.57. The molecule has 162 valence electrons. The Morgan fingerprint density at radius 1 is 1.10 bits per heavy atom. The van der Waals surface area contributed by atoms with Gasteiger partial charge in [0.2, 0.25) is 0 Å². The molecule has 3 aromatic rings. The molecular formula is C24H25NO5S. The lowest BCUT2D eigenvalue weighted by Crippen LogP contribution is -2.26. The van der Waals surface area contributed by atoms with Crippen molar-refractivity contribution in [1.29, 1.82) is 0 Å². The Hall–Kier alpha value is -2.93. The van der Waals surface area contributed by atoms with E-state index < -0.39 is 0 Å². The molecule has 7 heteroatoms. The van der Waals surface area contributed by atoms with Gasteiger partial charge in [0, 0.05) is 11.5 Å². The van der Waals surface area contributed by atoms with Gasteiger partial charge in [0.15, 0.2) is 5.75 Å². The predicted octanol–water partition coefficient (Wildman–Crippen LogP) is 5.28. The van der Waals surface area contributed by atoms with Crippen LogP contribution in [0.2, 0.25) is 0 Å². The van der Waals surface area contributed by atoms with E-state index >= 15 is 0 Å². The van der Waals surface area contributed by atoms with E-state index in [4.69, 9.17) is 19.2 Å². The quantitative estimate of drug-likeness (QED) is 0.283. The summed E-state index contributed by atoms with van der Waals surface area (Å²) in [6, 6.07) is 11.3. The van der Waals surface area contributed by atoms with Crippen LogP contribution in [0, 0.1) is 11.8 Å². The van der Waals surface area contributed by atoms with E-state index in [1.54, 1.807) is 19.2 Å². The zero-order chi connectivity index (χ0) is 21.8. The SMILES string of the molecule is CCOc1ccc(-c2nc3c(OC(=O)C4CCC(C=O)CC4)ccc(OC)c3s2)cc1. The van der Waals surface area contributed by atoms with Gasteiger partial charge in [-0.2, -0.15) is 0 Å². The molecule has 0 spiro atoms. The lowest BCUT2D eigenvalue weighted by molar-refractivity contribution is -0.140. The predicted molar refractivity (Wildman–Crippen MR) is 120 cm³/mol. The number of esters is 1. The standard InChI is InChI=1S/C24H25NO5S/c1-3-29-18-10-8-16(9-11-18)23-25-21-19(12-13-20(28-2)22(21)31-23)30-24(27)17-6-4-15(14-26)5-7-17/h8-15,17H,3-7H2,1-2H3. The smallest absolute Gasteiger partial charge is 0.314 e. The average molecular weight is 440 g/mol. The lowest BCUT2D eigenvalue weighted by atomic mass is 9.83. The maximum absolute atomic E-state index is 12.8. The van der Waals surface area contributed by atoms with E-state index in [0.29, 0.717) is 36.5 Å². The van der Waals surface area contributed by atoms with Crippen LogP contribution in [-0.4, -0.2) is 31.0 Å². The van der Waals surface area contributed by atoms with Gasteiger partial charge in [0.05, 0.1) is 19.6 Å². The molecular weight excluding hydrogens is 414 g/mol. The number of aldehydes is 1. The van der Waals surface area contributed by atoms with Gasteiger partial charge in [-0.05, 0) is 69.0 Å². The molecule has 4 rings (SSSR count). The second-order valence-corrected chi connectivity index (χ2v) is 8.59. The summed E-state index contributed by atoms with van der Waals surface area (Å²) in [6.45, 7) is 2.56. The van der Waals surface area contributed by atoms with Gasteiger partial charge in [-0.1, -0.05) is 0 Å². The van der Waals surface area contributed by atoms with E-state index in [2.05, 4.69) is 0 Å². The molecule has 1 aromatic heterocycles. The number of hydrogen-bond donors (Lipinski definition) is 0. The monoisotopic (exact) mass is 439 g/mol. The number of thiazole rings is 1. The largest absolute Gasteiger partial charge is 0.495 e. The maximum Gasteiger partial charge on any atom is 0.314 e. The highest BCUT2D eigenvalue weighted by atomic mass is 32.1. The van der Waals surface area contributed by atoms with Crippen LogP contribution in [0.1, 0.15) is 32.6 Å². The van der Waals surface area contributed by atoms with E-state index in [0.717, 1.165) is 40.1 Å². The Bertz CT molecular complexity index is 1070. The highest BCUT2D eigenvalue weighted by Crippen LogP contribution is 2.41. The summed E-state index contributed by atoms with van der Waals surface area (Å²) in [5, 5.41) is 0.811. The van der Waals surface area contributed by atoms with Gasteiger partial charge < -0.3 is 19.0 Å². The first-order valence-electron chi connectivity index (χ1n) is 10.5. The number of aromatic nitrogens is 1. The minimum Gasteiger partial charge on any atom is -0.495 e. The third-order valence-electron chi connectivity index (χ3n) is 5.61. The Kier molecular flexibility index (Phi) is 6.51. The molecule has 0 amide bonds. The van der Waals surface area contributed by atoms with Gasteiger partial charge in [-0.25, -0.2) is 4.98 Å². The van der Waals surface area contributed by atoms with Crippen LogP contribution in [0.25, 0.3) is 20.8 Å². The van der Waals surface area contributed by atoms with Gasteiger partial charge in [0.25, 0.3) is 0 Å². The lowest BCUT2D eigenvalue weighted by Gasteiger charge is -2.23. The van der Waals surface area contributed by atoms with Gasteiger partial charge >= 0.3 is 5.97 Å². The Labute approximate surface area is 185 Å². The molecule has 0 saturated heterocycles. The van der Waals surface area contributed by atoms with Crippen LogP contribution >= 0.6 is 11.3 Å². The third-order valence-corrected chi connectivity index (χ3v) is 6.73. The molecule has 0 atom stereocenters. The zero-order valence-corrected chi connectivity index (χ0v) is 18.4. The first-order chi connectivity index (χ1) is 15.1. The summed E-state index contributed by atoms with van der Waals surface area (Å²) < 4.78 is 17.6. The minimum absolute atomic E-state index is 0.0620. The van der Waals surface area contributed by atoms with Crippen molar-refractivity contribution in [3.05, 3.63) is 36.4 Å². The number of carbonyl (C=O) groups is 2. The number of benzene rings is 2. The van der Waals surface area contributed by atoms with Gasteiger partial charge in [0.1, 0.15) is 33.0 Å². The van der Waals surface area contributed by atoms with Crippen molar-refractivity contribution in [2.24, 2.45) is 11.8 Å². The molecule has 1 saturated carbocycles. The van der Waals surface area contributed by atoms with Crippen molar-refractivity contribution < 1.29 is 23.8 Å². The summed E-state index contributed by atoms with van der Waals surface area (Å²) in [7, 11) is 1.61. The molecule has 1 aliphatic carbocycles. The topological polar surface area (TPSA) is 74.7 Å². The third kappa shape index (κ3) is 4.56.